The Morgan fingerprint density at radius 2 is 1.92 bits per heavy atom. The summed E-state index contributed by atoms with van der Waals surface area (Å²) >= 11 is 8.11. The zero-order chi connectivity index (χ0) is 17.3. The molecule has 0 bridgehead atoms. The zero-order valence-corrected chi connectivity index (χ0v) is 14.3. The predicted molar refractivity (Wildman–Crippen MR) is 92.8 cm³/mol. The molecular weight excluding hydrogens is 340 g/mol. The molecule has 1 fully saturated rings. The molecule has 4 nitrogen and oxygen atoms in total. The summed E-state index contributed by atoms with van der Waals surface area (Å²) < 4.78 is 0. The van der Waals surface area contributed by atoms with Crippen molar-refractivity contribution in [2.45, 2.75) is 5.92 Å². The maximum atomic E-state index is 9.89. The Labute approximate surface area is 149 Å². The number of rotatable bonds is 1. The molecule has 0 aromatic heterocycles. The average Bonchev–Trinajstić information content (AvgIpc) is 2.62. The van der Waals surface area contributed by atoms with E-state index in [1.807, 2.05) is 24.3 Å². The highest BCUT2D eigenvalue weighted by atomic mass is 35.5. The highest BCUT2D eigenvalue weighted by Gasteiger charge is 2.60. The number of fused-ring (bicyclic) bond motifs is 1. The zero-order valence-electron chi connectivity index (χ0n) is 12.7. The van der Waals surface area contributed by atoms with Gasteiger partial charge in [-0.05, 0) is 17.2 Å². The van der Waals surface area contributed by atoms with Crippen LogP contribution >= 0.6 is 23.4 Å². The molecule has 0 amide bonds. The van der Waals surface area contributed by atoms with Crippen molar-refractivity contribution in [3.8, 4) is 18.2 Å². The molecule has 1 aliphatic heterocycles. The molecule has 2 aliphatic rings. The molecule has 0 unspecified atom stereocenters. The third-order valence-corrected chi connectivity index (χ3v) is 6.19. The Bertz CT molecular complexity index is 841. The molecule has 6 heteroatoms. The molecule has 3 atom stereocenters. The Balaban J connectivity index is 2.29. The van der Waals surface area contributed by atoms with Gasteiger partial charge in [-0.15, -0.1) is 0 Å². The van der Waals surface area contributed by atoms with Crippen LogP contribution in [0.2, 0.25) is 5.02 Å². The van der Waals surface area contributed by atoms with Crippen molar-refractivity contribution < 1.29 is 5.41 Å². The van der Waals surface area contributed by atoms with Gasteiger partial charge in [-0.25, -0.2) is 0 Å². The van der Waals surface area contributed by atoms with Crippen LogP contribution in [-0.2, 0) is 0 Å². The summed E-state index contributed by atoms with van der Waals surface area (Å²) in [6.45, 7) is 0. The van der Waals surface area contributed by atoms with Crippen LogP contribution in [0.15, 0.2) is 35.9 Å². The minimum atomic E-state index is -1.56. The first-order chi connectivity index (χ1) is 11.6. The van der Waals surface area contributed by atoms with Crippen LogP contribution in [0.3, 0.4) is 0 Å². The van der Waals surface area contributed by atoms with Gasteiger partial charge in [0.15, 0.2) is 0 Å². The number of halogens is 1. The fraction of sp³-hybridized carbons (Fsp3) is 0.333. The monoisotopic (exact) mass is 353 g/mol. The molecule has 0 saturated heterocycles. The van der Waals surface area contributed by atoms with Crippen LogP contribution in [0.1, 0.15) is 11.5 Å². The minimum Gasteiger partial charge on any atom is -0.258 e. The fourth-order valence-electron chi connectivity index (χ4n) is 3.72. The summed E-state index contributed by atoms with van der Waals surface area (Å²) in [5, 5.41) is 36.1. The lowest BCUT2D eigenvalue weighted by Crippen LogP contribution is -2.61. The Kier molecular flexibility index (Phi) is 4.37. The first-order valence-electron chi connectivity index (χ1n) is 7.47. The van der Waals surface area contributed by atoms with E-state index >= 15 is 0 Å². The second-order valence-corrected chi connectivity index (χ2v) is 7.38. The standard InChI is InChI=1S/C18H13ClN4S/c19-15-4-2-1-3-12(15)16-14-8-24-6-5-11(14)13(7-20)17(23)18(16,9-21)10-22/h1-5,13-14,16,23H,6,8H2/p+1/t13-,14-,16-/m1/s1. The molecule has 3 rings (SSSR count). The van der Waals surface area contributed by atoms with Crippen molar-refractivity contribution in [3.63, 3.8) is 0 Å². The van der Waals surface area contributed by atoms with E-state index in [0.717, 1.165) is 22.6 Å². The average molecular weight is 354 g/mol. The maximum Gasteiger partial charge on any atom is 0.231 e. The van der Waals surface area contributed by atoms with Gasteiger partial charge in [-0.1, -0.05) is 35.9 Å². The third-order valence-electron chi connectivity index (χ3n) is 4.85. The van der Waals surface area contributed by atoms with Crippen molar-refractivity contribution in [3.05, 3.63) is 46.5 Å². The van der Waals surface area contributed by atoms with Crippen LogP contribution in [0.25, 0.3) is 0 Å². The molecule has 1 aliphatic carbocycles. The van der Waals surface area contributed by atoms with E-state index in [1.165, 1.54) is 0 Å². The van der Waals surface area contributed by atoms with Gasteiger partial charge in [0, 0.05) is 28.4 Å². The number of hydrogen-bond donors (Lipinski definition) is 1. The molecule has 1 aromatic carbocycles. The minimum absolute atomic E-state index is 0.111. The van der Waals surface area contributed by atoms with E-state index in [0.29, 0.717) is 5.02 Å². The predicted octanol–water partition coefficient (Wildman–Crippen LogP) is 2.10. The van der Waals surface area contributed by atoms with Gasteiger partial charge < -0.3 is 0 Å². The highest BCUT2D eigenvalue weighted by Crippen LogP contribution is 2.54. The van der Waals surface area contributed by atoms with Crippen molar-refractivity contribution >= 4 is 29.1 Å². The lowest BCUT2D eigenvalue weighted by atomic mass is 9.55. The molecule has 2 N–H and O–H groups in total. The number of allylic oxidation sites excluding steroid dienone is 1. The number of benzene rings is 1. The lowest BCUT2D eigenvalue weighted by molar-refractivity contribution is -0.128. The van der Waals surface area contributed by atoms with E-state index in [-0.39, 0.29) is 11.6 Å². The molecule has 0 spiro atoms. The second-order valence-electron chi connectivity index (χ2n) is 5.90. The summed E-state index contributed by atoms with van der Waals surface area (Å²) in [7, 11) is 0. The summed E-state index contributed by atoms with van der Waals surface area (Å²) in [5.41, 5.74) is 0.208. The summed E-state index contributed by atoms with van der Waals surface area (Å²) in [6.07, 6.45) is 2.02. The molecule has 118 valence electrons. The normalized spacial score (nSPS) is 27.8. The SMILES string of the molecule is N#C[C@H]1C(=[NH2+])C(C#N)(C#N)[C@H](c2ccccc2Cl)[C@@H]2CSCC=C12. The number of nitrogens with two attached hydrogens (primary N) is 1. The van der Waals surface area contributed by atoms with E-state index in [9.17, 15) is 15.8 Å². The molecular formula is C18H14ClN4S+. The van der Waals surface area contributed by atoms with Crippen LogP contribution in [0.4, 0.5) is 0 Å². The van der Waals surface area contributed by atoms with Gasteiger partial charge >= 0.3 is 0 Å². The molecule has 24 heavy (non-hydrogen) atoms. The van der Waals surface area contributed by atoms with Crippen LogP contribution in [-0.4, -0.2) is 17.2 Å². The Morgan fingerprint density at radius 1 is 1.21 bits per heavy atom. The van der Waals surface area contributed by atoms with Crippen LogP contribution in [0.5, 0.6) is 0 Å². The molecule has 1 heterocycles. The molecule has 1 aromatic rings. The van der Waals surface area contributed by atoms with E-state index < -0.39 is 17.3 Å². The topological polar surface area (TPSA) is 97.0 Å². The number of nitriles is 3. The van der Waals surface area contributed by atoms with Crippen molar-refractivity contribution in [1.82, 2.24) is 0 Å². The van der Waals surface area contributed by atoms with E-state index in [1.54, 1.807) is 17.8 Å². The number of thioether (sulfide) groups is 1. The van der Waals surface area contributed by atoms with Crippen LogP contribution < -0.4 is 5.41 Å². The second kappa shape index (κ2) is 6.33. The molecule has 1 saturated carbocycles. The lowest BCUT2D eigenvalue weighted by Gasteiger charge is -2.43. The van der Waals surface area contributed by atoms with Gasteiger partial charge in [0.2, 0.25) is 11.1 Å². The Morgan fingerprint density at radius 3 is 2.54 bits per heavy atom. The Hall–Kier alpha value is -2.26. The van der Waals surface area contributed by atoms with Crippen molar-refractivity contribution in [2.75, 3.05) is 11.5 Å². The van der Waals surface area contributed by atoms with Gasteiger partial charge in [-0.3, -0.25) is 5.41 Å². The number of nitrogens with zero attached hydrogens (tertiary/aromatic N) is 3. The largest absolute Gasteiger partial charge is 0.258 e. The maximum absolute atomic E-state index is 9.89. The quantitative estimate of drug-likeness (QED) is 0.782. The van der Waals surface area contributed by atoms with Gasteiger partial charge in [0.05, 0.1) is 18.2 Å². The highest BCUT2D eigenvalue weighted by molar-refractivity contribution is 7.99. The van der Waals surface area contributed by atoms with Crippen molar-refractivity contribution in [1.29, 1.82) is 15.8 Å². The third kappa shape index (κ3) is 2.23. The van der Waals surface area contributed by atoms with Gasteiger partial charge in [0.1, 0.15) is 5.92 Å². The van der Waals surface area contributed by atoms with E-state index in [2.05, 4.69) is 18.2 Å². The summed E-state index contributed by atoms with van der Waals surface area (Å²) in [5.74, 6) is 0.246. The van der Waals surface area contributed by atoms with Gasteiger partial charge in [-0.2, -0.15) is 27.5 Å². The molecule has 0 radical (unpaired) electrons. The first kappa shape index (κ1) is 16.6. The van der Waals surface area contributed by atoms with Crippen molar-refractivity contribution in [2.24, 2.45) is 17.3 Å². The first-order valence-corrected chi connectivity index (χ1v) is 9.01. The smallest absolute Gasteiger partial charge is 0.231 e. The summed E-state index contributed by atoms with van der Waals surface area (Å²) in [6, 6.07) is 13.7. The van der Waals surface area contributed by atoms with E-state index in [4.69, 9.17) is 17.0 Å². The summed E-state index contributed by atoms with van der Waals surface area (Å²) in [4.78, 5) is 0. The van der Waals surface area contributed by atoms with Gasteiger partial charge in [0.25, 0.3) is 0 Å². The number of hydrogen-bond acceptors (Lipinski definition) is 4. The van der Waals surface area contributed by atoms with Crippen LogP contribution in [0, 0.1) is 51.2 Å². The fourth-order valence-corrected chi connectivity index (χ4v) is 5.06.